The number of nitriles is 2. The molecule has 3 aromatic rings. The number of aromatic hydroxyl groups is 1. The third kappa shape index (κ3) is 3.77. The summed E-state index contributed by atoms with van der Waals surface area (Å²) in [6.07, 6.45) is 0. The zero-order valence-electron chi connectivity index (χ0n) is 13.3. The minimum Gasteiger partial charge on any atom is -0.508 e. The Morgan fingerprint density at radius 3 is 2.40 bits per heavy atom. The van der Waals surface area contributed by atoms with Crippen molar-refractivity contribution >= 4 is 0 Å². The smallest absolute Gasteiger partial charge is 0.119 e. The summed E-state index contributed by atoms with van der Waals surface area (Å²) in [5.41, 5.74) is 3.55. The molecule has 0 heterocycles. The van der Waals surface area contributed by atoms with E-state index in [1.165, 1.54) is 6.07 Å². The minimum absolute atomic E-state index is 0.119. The van der Waals surface area contributed by atoms with Gasteiger partial charge in [-0.2, -0.15) is 10.5 Å². The highest BCUT2D eigenvalue weighted by atomic mass is 16.5. The molecule has 3 rings (SSSR count). The van der Waals surface area contributed by atoms with Crippen LogP contribution in [0.2, 0.25) is 0 Å². The minimum atomic E-state index is 0.119. The summed E-state index contributed by atoms with van der Waals surface area (Å²) in [6.45, 7) is 0.362. The van der Waals surface area contributed by atoms with Gasteiger partial charge in [0, 0.05) is 5.56 Å². The van der Waals surface area contributed by atoms with Crippen LogP contribution in [0.3, 0.4) is 0 Å². The lowest BCUT2D eigenvalue weighted by atomic mass is 9.98. The monoisotopic (exact) mass is 326 g/mol. The van der Waals surface area contributed by atoms with Crippen molar-refractivity contribution in [3.05, 3.63) is 83.4 Å². The fourth-order valence-electron chi connectivity index (χ4n) is 2.49. The summed E-state index contributed by atoms with van der Waals surface area (Å²) in [5, 5.41) is 27.8. The molecule has 0 aliphatic rings. The maximum absolute atomic E-state index is 9.70. The van der Waals surface area contributed by atoms with Crippen LogP contribution in [0, 0.1) is 22.7 Å². The summed E-state index contributed by atoms with van der Waals surface area (Å²) < 4.78 is 5.74. The number of nitrogens with zero attached hydrogens (tertiary/aromatic N) is 2. The van der Waals surface area contributed by atoms with Gasteiger partial charge in [-0.15, -0.1) is 0 Å². The quantitative estimate of drug-likeness (QED) is 0.771. The number of phenols is 1. The molecule has 0 atom stereocenters. The first-order valence-corrected chi connectivity index (χ1v) is 7.65. The van der Waals surface area contributed by atoms with Crippen LogP contribution in [-0.2, 0) is 6.61 Å². The molecule has 0 aromatic heterocycles. The van der Waals surface area contributed by atoms with Crippen molar-refractivity contribution in [3.8, 4) is 34.8 Å². The van der Waals surface area contributed by atoms with Crippen LogP contribution >= 0.6 is 0 Å². The molecule has 4 nitrogen and oxygen atoms in total. The Morgan fingerprint density at radius 1 is 0.880 bits per heavy atom. The molecule has 0 saturated carbocycles. The highest BCUT2D eigenvalue weighted by Crippen LogP contribution is 2.28. The van der Waals surface area contributed by atoms with Gasteiger partial charge in [0.1, 0.15) is 18.1 Å². The van der Waals surface area contributed by atoms with Crippen molar-refractivity contribution in [2.75, 3.05) is 0 Å². The van der Waals surface area contributed by atoms with Crippen molar-refractivity contribution < 1.29 is 9.84 Å². The third-order valence-electron chi connectivity index (χ3n) is 3.75. The molecular formula is C21H14N2O2. The van der Waals surface area contributed by atoms with Crippen LogP contribution in [0.25, 0.3) is 11.1 Å². The summed E-state index contributed by atoms with van der Waals surface area (Å²) in [5.74, 6) is 0.799. The Kier molecular flexibility index (Phi) is 4.65. The van der Waals surface area contributed by atoms with Crippen LogP contribution in [0.4, 0.5) is 0 Å². The first-order valence-electron chi connectivity index (χ1n) is 7.65. The number of rotatable bonds is 4. The molecule has 0 bridgehead atoms. The summed E-state index contributed by atoms with van der Waals surface area (Å²) in [6, 6.07) is 23.5. The zero-order chi connectivity index (χ0) is 17.6. The van der Waals surface area contributed by atoms with E-state index in [0.29, 0.717) is 29.0 Å². The van der Waals surface area contributed by atoms with E-state index in [-0.39, 0.29) is 5.75 Å². The second-order valence-corrected chi connectivity index (χ2v) is 5.47. The average Bonchev–Trinajstić information content (AvgIpc) is 2.67. The van der Waals surface area contributed by atoms with Gasteiger partial charge in [-0.1, -0.05) is 18.2 Å². The summed E-state index contributed by atoms with van der Waals surface area (Å²) in [4.78, 5) is 0. The molecule has 0 saturated heterocycles. The second kappa shape index (κ2) is 7.21. The normalized spacial score (nSPS) is 9.84. The molecule has 0 unspecified atom stereocenters. The molecule has 0 aliphatic carbocycles. The van der Waals surface area contributed by atoms with Crippen LogP contribution in [0.15, 0.2) is 66.7 Å². The van der Waals surface area contributed by atoms with Crippen LogP contribution < -0.4 is 4.74 Å². The van der Waals surface area contributed by atoms with E-state index in [9.17, 15) is 10.4 Å². The van der Waals surface area contributed by atoms with E-state index in [4.69, 9.17) is 10.00 Å². The molecule has 0 spiro atoms. The SMILES string of the molecule is N#Cc1ccc(OCc2cccc(-c3cc(O)ccc3C#N)c2)cc1. The van der Waals surface area contributed by atoms with E-state index in [1.807, 2.05) is 24.3 Å². The van der Waals surface area contributed by atoms with Gasteiger partial charge in [-0.25, -0.2) is 0 Å². The number of hydrogen-bond acceptors (Lipinski definition) is 4. The van der Waals surface area contributed by atoms with Crippen LogP contribution in [0.1, 0.15) is 16.7 Å². The van der Waals surface area contributed by atoms with E-state index in [1.54, 1.807) is 36.4 Å². The van der Waals surface area contributed by atoms with E-state index >= 15 is 0 Å². The molecular weight excluding hydrogens is 312 g/mol. The molecule has 0 fully saturated rings. The molecule has 0 aliphatic heterocycles. The van der Waals surface area contributed by atoms with E-state index in [2.05, 4.69) is 12.1 Å². The number of ether oxygens (including phenoxy) is 1. The lowest BCUT2D eigenvalue weighted by molar-refractivity contribution is 0.306. The third-order valence-corrected chi connectivity index (χ3v) is 3.75. The lowest BCUT2D eigenvalue weighted by Crippen LogP contribution is -1.96. The highest BCUT2D eigenvalue weighted by molar-refractivity contribution is 5.72. The van der Waals surface area contributed by atoms with Gasteiger partial charge in [0.2, 0.25) is 0 Å². The number of phenolic OH excluding ortho intramolecular Hbond substituents is 1. The van der Waals surface area contributed by atoms with Gasteiger partial charge in [-0.05, 0) is 59.7 Å². The van der Waals surface area contributed by atoms with Gasteiger partial charge >= 0.3 is 0 Å². The molecule has 120 valence electrons. The van der Waals surface area contributed by atoms with Gasteiger partial charge in [0.15, 0.2) is 0 Å². The topological polar surface area (TPSA) is 77.0 Å². The second-order valence-electron chi connectivity index (χ2n) is 5.47. The average molecular weight is 326 g/mol. The maximum atomic E-state index is 9.70. The molecule has 0 amide bonds. The van der Waals surface area contributed by atoms with Crippen molar-refractivity contribution in [1.29, 1.82) is 10.5 Å². The Balaban J connectivity index is 1.81. The Hall–Kier alpha value is -3.76. The summed E-state index contributed by atoms with van der Waals surface area (Å²) in [7, 11) is 0. The highest BCUT2D eigenvalue weighted by Gasteiger charge is 2.07. The fraction of sp³-hybridized carbons (Fsp3) is 0.0476. The van der Waals surface area contributed by atoms with Gasteiger partial charge < -0.3 is 9.84 Å². The van der Waals surface area contributed by atoms with Crippen molar-refractivity contribution in [1.82, 2.24) is 0 Å². The van der Waals surface area contributed by atoms with Gasteiger partial charge in [-0.3, -0.25) is 0 Å². The first kappa shape index (κ1) is 16.1. The first-order chi connectivity index (χ1) is 12.2. The number of benzene rings is 3. The van der Waals surface area contributed by atoms with Crippen molar-refractivity contribution in [3.63, 3.8) is 0 Å². The molecule has 3 aromatic carbocycles. The summed E-state index contributed by atoms with van der Waals surface area (Å²) >= 11 is 0. The fourth-order valence-corrected chi connectivity index (χ4v) is 2.49. The van der Waals surface area contributed by atoms with Crippen molar-refractivity contribution in [2.45, 2.75) is 6.61 Å². The zero-order valence-corrected chi connectivity index (χ0v) is 13.3. The van der Waals surface area contributed by atoms with Crippen molar-refractivity contribution in [2.24, 2.45) is 0 Å². The van der Waals surface area contributed by atoms with Gasteiger partial charge in [0.05, 0.1) is 23.3 Å². The molecule has 25 heavy (non-hydrogen) atoms. The Bertz CT molecular complexity index is 980. The standard InChI is InChI=1S/C21H14N2O2/c22-12-15-4-8-20(9-5-15)25-14-16-2-1-3-17(10-16)21-11-19(24)7-6-18(21)13-23/h1-11,24H,14H2. The predicted molar refractivity (Wildman–Crippen MR) is 93.7 cm³/mol. The molecule has 0 radical (unpaired) electrons. The van der Waals surface area contributed by atoms with Gasteiger partial charge in [0.25, 0.3) is 0 Å². The van der Waals surface area contributed by atoms with E-state index < -0.39 is 0 Å². The largest absolute Gasteiger partial charge is 0.508 e. The van der Waals surface area contributed by atoms with Crippen LogP contribution in [-0.4, -0.2) is 5.11 Å². The van der Waals surface area contributed by atoms with Crippen LogP contribution in [0.5, 0.6) is 11.5 Å². The Morgan fingerprint density at radius 2 is 1.68 bits per heavy atom. The lowest BCUT2D eigenvalue weighted by Gasteiger charge is -2.09. The maximum Gasteiger partial charge on any atom is 0.119 e. The Labute approximate surface area is 145 Å². The predicted octanol–water partition coefficient (Wildman–Crippen LogP) is 4.38. The number of hydrogen-bond donors (Lipinski definition) is 1. The van der Waals surface area contributed by atoms with E-state index in [0.717, 1.165) is 11.1 Å². The molecule has 1 N–H and O–H groups in total. The molecule has 4 heteroatoms.